The molecule has 14 heavy (non-hydrogen) atoms. The monoisotopic (exact) mass is 196 g/mol. The summed E-state index contributed by atoms with van der Waals surface area (Å²) in [6, 6.07) is 0. The van der Waals surface area contributed by atoms with Crippen molar-refractivity contribution < 1.29 is 5.11 Å². The molecule has 0 aromatic rings. The van der Waals surface area contributed by atoms with Gasteiger partial charge in [0.1, 0.15) is 0 Å². The van der Waals surface area contributed by atoms with Gasteiger partial charge in [0.15, 0.2) is 0 Å². The van der Waals surface area contributed by atoms with Crippen LogP contribution in [0.2, 0.25) is 0 Å². The Balaban J connectivity index is 3.31. The Morgan fingerprint density at radius 1 is 0.857 bits per heavy atom. The predicted octanol–water partition coefficient (Wildman–Crippen LogP) is 3.84. The van der Waals surface area contributed by atoms with Gasteiger partial charge in [-0.3, -0.25) is 0 Å². The second-order valence-corrected chi connectivity index (χ2v) is 3.57. The van der Waals surface area contributed by atoms with Crippen LogP contribution in [0.15, 0.2) is 24.3 Å². The fourth-order valence-electron chi connectivity index (χ4n) is 1.29. The fraction of sp³-hybridized carbons (Fsp3) is 0.692. The fourth-order valence-corrected chi connectivity index (χ4v) is 1.29. The van der Waals surface area contributed by atoms with Gasteiger partial charge in [-0.2, -0.15) is 0 Å². The lowest BCUT2D eigenvalue weighted by molar-refractivity contribution is 0.157. The Labute approximate surface area is 88.5 Å². The molecule has 1 N–H and O–H groups in total. The first kappa shape index (κ1) is 13.4. The first-order chi connectivity index (χ1) is 6.81. The molecule has 0 unspecified atom stereocenters. The standard InChI is InChI=1S/C13H24O/c1-3-5-7-9-11-13(14)12-10-8-6-4-2/h5-8,13-14H,3-4,9-12H2,1-2H3. The number of allylic oxidation sites excluding steroid dienone is 4. The molecule has 0 aliphatic carbocycles. The summed E-state index contributed by atoms with van der Waals surface area (Å²) in [7, 11) is 0. The summed E-state index contributed by atoms with van der Waals surface area (Å²) in [4.78, 5) is 0. The van der Waals surface area contributed by atoms with E-state index < -0.39 is 0 Å². The molecule has 0 spiro atoms. The third kappa shape index (κ3) is 9.53. The van der Waals surface area contributed by atoms with E-state index >= 15 is 0 Å². The summed E-state index contributed by atoms with van der Waals surface area (Å²) in [5.41, 5.74) is 0. The highest BCUT2D eigenvalue weighted by Gasteiger charge is 2.00. The van der Waals surface area contributed by atoms with Crippen LogP contribution in [-0.4, -0.2) is 11.2 Å². The van der Waals surface area contributed by atoms with Crippen molar-refractivity contribution in [3.05, 3.63) is 24.3 Å². The number of rotatable bonds is 8. The molecule has 1 heteroatoms. The van der Waals surface area contributed by atoms with Crippen molar-refractivity contribution in [2.75, 3.05) is 0 Å². The molecule has 1 nitrogen and oxygen atoms in total. The Bertz CT molecular complexity index is 141. The van der Waals surface area contributed by atoms with E-state index in [2.05, 4.69) is 38.2 Å². The third-order valence-corrected chi connectivity index (χ3v) is 2.14. The van der Waals surface area contributed by atoms with Crippen LogP contribution >= 0.6 is 0 Å². The minimum atomic E-state index is -0.127. The maximum atomic E-state index is 9.58. The zero-order chi connectivity index (χ0) is 10.6. The Morgan fingerprint density at radius 3 is 1.64 bits per heavy atom. The molecule has 0 aromatic heterocycles. The summed E-state index contributed by atoms with van der Waals surface area (Å²) >= 11 is 0. The Kier molecular flexibility index (Phi) is 10.1. The first-order valence-corrected chi connectivity index (χ1v) is 5.79. The quantitative estimate of drug-likeness (QED) is 0.585. The van der Waals surface area contributed by atoms with Crippen LogP contribution in [0, 0.1) is 0 Å². The van der Waals surface area contributed by atoms with Gasteiger partial charge in [-0.1, -0.05) is 38.2 Å². The molecule has 0 atom stereocenters. The SMILES string of the molecule is CCC=CCCC(O)CCC=CCC. The Morgan fingerprint density at radius 2 is 1.29 bits per heavy atom. The molecule has 0 saturated carbocycles. The van der Waals surface area contributed by atoms with Gasteiger partial charge in [-0.15, -0.1) is 0 Å². The summed E-state index contributed by atoms with van der Waals surface area (Å²) in [5.74, 6) is 0. The molecule has 0 aliphatic rings. The summed E-state index contributed by atoms with van der Waals surface area (Å²) in [5, 5.41) is 9.58. The number of hydrogen-bond acceptors (Lipinski definition) is 1. The predicted molar refractivity (Wildman–Crippen MR) is 63.3 cm³/mol. The smallest absolute Gasteiger partial charge is 0.0546 e. The molecule has 82 valence electrons. The minimum Gasteiger partial charge on any atom is -0.393 e. The van der Waals surface area contributed by atoms with Crippen LogP contribution in [0.4, 0.5) is 0 Å². The molecule has 0 aliphatic heterocycles. The second kappa shape index (κ2) is 10.5. The van der Waals surface area contributed by atoms with Gasteiger partial charge in [0.05, 0.1) is 6.10 Å². The van der Waals surface area contributed by atoms with Gasteiger partial charge >= 0.3 is 0 Å². The highest BCUT2D eigenvalue weighted by Crippen LogP contribution is 2.06. The maximum Gasteiger partial charge on any atom is 0.0546 e. The normalized spacial score (nSPS) is 14.2. The van der Waals surface area contributed by atoms with Crippen molar-refractivity contribution in [3.63, 3.8) is 0 Å². The van der Waals surface area contributed by atoms with E-state index in [9.17, 15) is 5.11 Å². The molecule has 0 rings (SSSR count). The summed E-state index contributed by atoms with van der Waals surface area (Å²) in [6.45, 7) is 4.25. The van der Waals surface area contributed by atoms with Crippen molar-refractivity contribution in [1.29, 1.82) is 0 Å². The summed E-state index contributed by atoms with van der Waals surface area (Å²) < 4.78 is 0. The van der Waals surface area contributed by atoms with Gasteiger partial charge in [-0.25, -0.2) is 0 Å². The molecule has 0 radical (unpaired) electrons. The van der Waals surface area contributed by atoms with E-state index in [0.717, 1.165) is 38.5 Å². The van der Waals surface area contributed by atoms with Crippen molar-refractivity contribution in [2.24, 2.45) is 0 Å². The highest BCUT2D eigenvalue weighted by atomic mass is 16.3. The highest BCUT2D eigenvalue weighted by molar-refractivity contribution is 4.83. The van der Waals surface area contributed by atoms with E-state index in [4.69, 9.17) is 0 Å². The minimum absolute atomic E-state index is 0.127. The molecule has 0 amide bonds. The first-order valence-electron chi connectivity index (χ1n) is 5.79. The van der Waals surface area contributed by atoms with Crippen molar-refractivity contribution in [3.8, 4) is 0 Å². The van der Waals surface area contributed by atoms with Crippen LogP contribution < -0.4 is 0 Å². The lowest BCUT2D eigenvalue weighted by Gasteiger charge is -2.06. The van der Waals surface area contributed by atoms with Crippen molar-refractivity contribution in [2.45, 2.75) is 58.5 Å². The average Bonchev–Trinajstić information content (AvgIpc) is 2.19. The van der Waals surface area contributed by atoms with E-state index in [-0.39, 0.29) is 6.10 Å². The van der Waals surface area contributed by atoms with Crippen molar-refractivity contribution in [1.82, 2.24) is 0 Å². The zero-order valence-electron chi connectivity index (χ0n) is 9.58. The molecular weight excluding hydrogens is 172 g/mol. The van der Waals surface area contributed by atoms with Gasteiger partial charge < -0.3 is 5.11 Å². The van der Waals surface area contributed by atoms with Gasteiger partial charge in [0.2, 0.25) is 0 Å². The van der Waals surface area contributed by atoms with Crippen LogP contribution in [0.1, 0.15) is 52.4 Å². The zero-order valence-corrected chi connectivity index (χ0v) is 9.58. The molecule has 0 saturated heterocycles. The average molecular weight is 196 g/mol. The number of aliphatic hydroxyl groups excluding tert-OH is 1. The topological polar surface area (TPSA) is 20.2 Å². The molecule has 0 fully saturated rings. The van der Waals surface area contributed by atoms with Crippen LogP contribution in [0.25, 0.3) is 0 Å². The van der Waals surface area contributed by atoms with E-state index in [0.29, 0.717) is 0 Å². The van der Waals surface area contributed by atoms with Gasteiger partial charge in [-0.05, 0) is 38.5 Å². The Hall–Kier alpha value is -0.560. The van der Waals surface area contributed by atoms with Crippen molar-refractivity contribution >= 4 is 0 Å². The van der Waals surface area contributed by atoms with Crippen LogP contribution in [-0.2, 0) is 0 Å². The number of hydrogen-bond donors (Lipinski definition) is 1. The summed E-state index contributed by atoms with van der Waals surface area (Å²) in [6.07, 6.45) is 14.5. The van der Waals surface area contributed by atoms with Gasteiger partial charge in [0.25, 0.3) is 0 Å². The molecule has 0 bridgehead atoms. The molecule has 0 aromatic carbocycles. The lowest BCUT2D eigenvalue weighted by atomic mass is 10.1. The van der Waals surface area contributed by atoms with Gasteiger partial charge in [0, 0.05) is 0 Å². The third-order valence-electron chi connectivity index (χ3n) is 2.14. The van der Waals surface area contributed by atoms with Crippen LogP contribution in [0.3, 0.4) is 0 Å². The van der Waals surface area contributed by atoms with E-state index in [1.165, 1.54) is 0 Å². The van der Waals surface area contributed by atoms with E-state index in [1.54, 1.807) is 0 Å². The lowest BCUT2D eigenvalue weighted by Crippen LogP contribution is -2.04. The largest absolute Gasteiger partial charge is 0.393 e. The number of aliphatic hydroxyl groups is 1. The molecular formula is C13H24O. The molecule has 0 heterocycles. The second-order valence-electron chi connectivity index (χ2n) is 3.57. The van der Waals surface area contributed by atoms with Crippen LogP contribution in [0.5, 0.6) is 0 Å². The van der Waals surface area contributed by atoms with E-state index in [1.807, 2.05) is 0 Å². The maximum absolute atomic E-state index is 9.58.